The van der Waals surface area contributed by atoms with Crippen molar-refractivity contribution in [2.24, 2.45) is 5.92 Å². The van der Waals surface area contributed by atoms with E-state index in [0.29, 0.717) is 6.29 Å². The fourth-order valence-corrected chi connectivity index (χ4v) is 1.66. The molecule has 1 aliphatic heterocycles. The second-order valence-corrected chi connectivity index (χ2v) is 3.57. The van der Waals surface area contributed by atoms with Crippen molar-refractivity contribution in [1.29, 1.82) is 0 Å². The number of hydrogen-bond donors (Lipinski definition) is 3. The first-order valence-electron chi connectivity index (χ1n) is 4.73. The van der Waals surface area contributed by atoms with E-state index in [1.807, 2.05) is 0 Å². The summed E-state index contributed by atoms with van der Waals surface area (Å²) in [5, 5.41) is 21.0. The summed E-state index contributed by atoms with van der Waals surface area (Å²) in [6.45, 7) is 1.09. The molecule has 1 heterocycles. The van der Waals surface area contributed by atoms with Gasteiger partial charge in [-0.05, 0) is 0 Å². The molecule has 6 heteroatoms. The van der Waals surface area contributed by atoms with Crippen LogP contribution in [0.2, 0.25) is 0 Å². The van der Waals surface area contributed by atoms with Gasteiger partial charge in [-0.15, -0.1) is 0 Å². The van der Waals surface area contributed by atoms with Gasteiger partial charge >= 0.3 is 0 Å². The fourth-order valence-electron chi connectivity index (χ4n) is 1.66. The average Bonchev–Trinajstić information content (AvgIpc) is 2.18. The number of aliphatic hydroxyl groups is 2. The highest BCUT2D eigenvalue weighted by molar-refractivity contribution is 5.74. The minimum Gasteiger partial charge on any atom is -0.394 e. The van der Waals surface area contributed by atoms with Crippen molar-refractivity contribution >= 4 is 12.2 Å². The summed E-state index contributed by atoms with van der Waals surface area (Å²) < 4.78 is 5.11. The normalized spacial score (nSPS) is 35.9. The van der Waals surface area contributed by atoms with Crippen molar-refractivity contribution in [2.75, 3.05) is 13.2 Å². The Hall–Kier alpha value is -0.980. The highest BCUT2D eigenvalue weighted by atomic mass is 16.5. The van der Waals surface area contributed by atoms with Crippen LogP contribution in [0.5, 0.6) is 0 Å². The lowest BCUT2D eigenvalue weighted by Gasteiger charge is -2.37. The lowest BCUT2D eigenvalue weighted by atomic mass is 9.89. The molecule has 0 aromatic rings. The van der Waals surface area contributed by atoms with E-state index in [0.717, 1.165) is 0 Å². The maximum Gasteiger partial charge on any atom is 0.217 e. The number of nitrogens with one attached hydrogen (secondary N) is 1. The molecular weight excluding hydrogens is 202 g/mol. The molecule has 1 amide bonds. The van der Waals surface area contributed by atoms with Gasteiger partial charge < -0.3 is 25.1 Å². The van der Waals surface area contributed by atoms with Gasteiger partial charge in [0.15, 0.2) is 0 Å². The van der Waals surface area contributed by atoms with Gasteiger partial charge in [0.05, 0.1) is 31.3 Å². The quantitative estimate of drug-likeness (QED) is 0.478. The van der Waals surface area contributed by atoms with Crippen LogP contribution in [-0.4, -0.2) is 53.9 Å². The lowest BCUT2D eigenvalue weighted by Crippen LogP contribution is -2.57. The predicted octanol–water partition coefficient (Wildman–Crippen LogP) is -1.94. The number of amides is 1. The minimum absolute atomic E-state index is 0.116. The molecule has 1 rings (SSSR count). The summed E-state index contributed by atoms with van der Waals surface area (Å²) in [6.07, 6.45) is -1.26. The zero-order valence-electron chi connectivity index (χ0n) is 8.42. The van der Waals surface area contributed by atoms with Crippen molar-refractivity contribution < 1.29 is 24.5 Å². The van der Waals surface area contributed by atoms with Crippen LogP contribution < -0.4 is 5.32 Å². The summed E-state index contributed by atoms with van der Waals surface area (Å²) in [6, 6.07) is -0.530. The Bertz CT molecular complexity index is 245. The van der Waals surface area contributed by atoms with Crippen LogP contribution in [0.25, 0.3) is 0 Å². The molecule has 15 heavy (non-hydrogen) atoms. The monoisotopic (exact) mass is 217 g/mol. The van der Waals surface area contributed by atoms with Gasteiger partial charge in [-0.3, -0.25) is 4.79 Å². The summed E-state index contributed by atoms with van der Waals surface area (Å²) in [5.41, 5.74) is 0. The molecular formula is C9H15NO5. The third-order valence-electron chi connectivity index (χ3n) is 2.46. The highest BCUT2D eigenvalue weighted by Crippen LogP contribution is 2.19. The van der Waals surface area contributed by atoms with E-state index in [4.69, 9.17) is 9.84 Å². The maximum absolute atomic E-state index is 10.8. The van der Waals surface area contributed by atoms with Gasteiger partial charge in [0.2, 0.25) is 5.91 Å². The number of hydrogen-bond acceptors (Lipinski definition) is 5. The molecule has 4 atom stereocenters. The van der Waals surface area contributed by atoms with Gasteiger partial charge in [0.1, 0.15) is 12.4 Å². The van der Waals surface area contributed by atoms with Gasteiger partial charge in [-0.25, -0.2) is 0 Å². The summed E-state index contributed by atoms with van der Waals surface area (Å²) >= 11 is 0. The minimum atomic E-state index is -1.09. The summed E-state index contributed by atoms with van der Waals surface area (Å²) in [4.78, 5) is 21.6. The molecule has 1 saturated heterocycles. The SMILES string of the molecule is CC(=O)N[C@H]1CO[C@H](CO)[C@H](O)[C@@H]1C=O. The second kappa shape index (κ2) is 5.20. The third-order valence-corrected chi connectivity index (χ3v) is 2.46. The Labute approximate surface area is 87.2 Å². The molecule has 0 unspecified atom stereocenters. The first-order chi connectivity index (χ1) is 7.10. The number of aldehydes is 1. The Morgan fingerprint density at radius 3 is 2.80 bits per heavy atom. The van der Waals surface area contributed by atoms with Gasteiger partial charge in [-0.2, -0.15) is 0 Å². The van der Waals surface area contributed by atoms with Crippen LogP contribution in [0.15, 0.2) is 0 Å². The first-order valence-corrected chi connectivity index (χ1v) is 4.73. The Morgan fingerprint density at radius 1 is 1.67 bits per heavy atom. The van der Waals surface area contributed by atoms with E-state index in [9.17, 15) is 14.7 Å². The van der Waals surface area contributed by atoms with E-state index in [1.54, 1.807) is 0 Å². The number of carbonyl (C=O) groups is 2. The zero-order valence-corrected chi connectivity index (χ0v) is 8.42. The molecule has 6 nitrogen and oxygen atoms in total. The van der Waals surface area contributed by atoms with Crippen LogP contribution in [0.4, 0.5) is 0 Å². The van der Waals surface area contributed by atoms with E-state index in [2.05, 4.69) is 5.32 Å². The van der Waals surface area contributed by atoms with Gasteiger partial charge in [0.25, 0.3) is 0 Å². The molecule has 0 spiro atoms. The maximum atomic E-state index is 10.8. The molecule has 0 radical (unpaired) electrons. The van der Waals surface area contributed by atoms with Crippen molar-refractivity contribution in [3.8, 4) is 0 Å². The van der Waals surface area contributed by atoms with E-state index in [1.165, 1.54) is 6.92 Å². The van der Waals surface area contributed by atoms with Crippen LogP contribution in [0, 0.1) is 5.92 Å². The van der Waals surface area contributed by atoms with Crippen LogP contribution in [0.1, 0.15) is 6.92 Å². The van der Waals surface area contributed by atoms with E-state index in [-0.39, 0.29) is 19.1 Å². The molecule has 0 bridgehead atoms. The lowest BCUT2D eigenvalue weighted by molar-refractivity contribution is -0.149. The molecule has 0 aromatic heterocycles. The van der Waals surface area contributed by atoms with Crippen molar-refractivity contribution in [1.82, 2.24) is 5.32 Å². The van der Waals surface area contributed by atoms with Crippen molar-refractivity contribution in [3.63, 3.8) is 0 Å². The first kappa shape index (κ1) is 12.1. The predicted molar refractivity (Wildman–Crippen MR) is 50.0 cm³/mol. The van der Waals surface area contributed by atoms with Gasteiger partial charge in [0, 0.05) is 6.92 Å². The molecule has 86 valence electrons. The Morgan fingerprint density at radius 2 is 2.33 bits per heavy atom. The molecule has 3 N–H and O–H groups in total. The molecule has 0 aromatic carbocycles. The Kier molecular flexibility index (Phi) is 4.19. The van der Waals surface area contributed by atoms with Crippen molar-refractivity contribution in [2.45, 2.75) is 25.2 Å². The number of carbonyl (C=O) groups excluding carboxylic acids is 2. The van der Waals surface area contributed by atoms with Crippen molar-refractivity contribution in [3.05, 3.63) is 0 Å². The molecule has 1 fully saturated rings. The van der Waals surface area contributed by atoms with E-state index >= 15 is 0 Å². The molecule has 0 saturated carbocycles. The van der Waals surface area contributed by atoms with Crippen LogP contribution >= 0.6 is 0 Å². The molecule has 1 aliphatic rings. The van der Waals surface area contributed by atoms with Crippen LogP contribution in [0.3, 0.4) is 0 Å². The summed E-state index contributed by atoms with van der Waals surface area (Å²) in [5.74, 6) is -1.02. The number of rotatable bonds is 3. The largest absolute Gasteiger partial charge is 0.394 e. The topological polar surface area (TPSA) is 95.9 Å². The summed E-state index contributed by atoms with van der Waals surface area (Å²) in [7, 11) is 0. The highest BCUT2D eigenvalue weighted by Gasteiger charge is 2.39. The fraction of sp³-hybridized carbons (Fsp3) is 0.778. The molecule has 0 aliphatic carbocycles. The van der Waals surface area contributed by atoms with Crippen LogP contribution in [-0.2, 0) is 14.3 Å². The van der Waals surface area contributed by atoms with E-state index < -0.39 is 24.2 Å². The second-order valence-electron chi connectivity index (χ2n) is 3.57. The third kappa shape index (κ3) is 2.74. The Balaban J connectivity index is 2.68. The average molecular weight is 217 g/mol. The van der Waals surface area contributed by atoms with Gasteiger partial charge in [-0.1, -0.05) is 0 Å². The zero-order chi connectivity index (χ0) is 11.4. The smallest absolute Gasteiger partial charge is 0.217 e. The number of ether oxygens (including phenoxy) is 1. The number of aliphatic hydroxyl groups excluding tert-OH is 2. The standard InChI is InChI=1S/C9H15NO5/c1-5(13)10-7-4-15-8(3-12)9(14)6(7)2-11/h2,6-9,12,14H,3-4H2,1H3,(H,10,13)/t6-,7+,8-,9-/m1/s1.